The second kappa shape index (κ2) is 10.8. The summed E-state index contributed by atoms with van der Waals surface area (Å²) in [6.45, 7) is 4.12. The molecule has 1 heterocycles. The number of nitrogens with zero attached hydrogens (tertiary/aromatic N) is 1. The molecule has 2 aromatic carbocycles. The van der Waals surface area contributed by atoms with Crippen LogP contribution < -0.4 is 10.6 Å². The number of cyclic esters (lactones) is 1. The molecule has 1 aliphatic rings. The predicted molar refractivity (Wildman–Crippen MR) is 120 cm³/mol. The molecule has 0 radical (unpaired) electrons. The summed E-state index contributed by atoms with van der Waals surface area (Å²) in [7, 11) is 1.45. The van der Waals surface area contributed by atoms with Gasteiger partial charge in [0.1, 0.15) is 6.61 Å². The first-order chi connectivity index (χ1) is 15.4. The number of benzene rings is 2. The summed E-state index contributed by atoms with van der Waals surface area (Å²) >= 11 is 0. The third-order valence-corrected chi connectivity index (χ3v) is 5.35. The molecule has 1 saturated heterocycles. The summed E-state index contributed by atoms with van der Waals surface area (Å²) in [6, 6.07) is 15.5. The monoisotopic (exact) mass is 439 g/mol. The Hall–Kier alpha value is -3.39. The average molecular weight is 440 g/mol. The molecule has 32 heavy (non-hydrogen) atoms. The number of nitrogens with one attached hydrogen (secondary N) is 2. The summed E-state index contributed by atoms with van der Waals surface area (Å²) < 4.78 is 10.5. The topological polar surface area (TPSA) is 97.0 Å². The van der Waals surface area contributed by atoms with E-state index in [1.165, 1.54) is 12.0 Å². The molecule has 3 rings (SSSR count). The van der Waals surface area contributed by atoms with Crippen LogP contribution in [0.15, 0.2) is 54.6 Å². The SMILES string of the molecule is CCC(C)NC(=O)C1C(c2ccc(NC(=O)COC)cc2)OC(=O)N1Cc1ccccc1. The Kier molecular flexibility index (Phi) is 7.83. The van der Waals surface area contributed by atoms with Gasteiger partial charge in [-0.2, -0.15) is 0 Å². The van der Waals surface area contributed by atoms with Gasteiger partial charge in [-0.1, -0.05) is 49.4 Å². The van der Waals surface area contributed by atoms with E-state index < -0.39 is 18.2 Å². The van der Waals surface area contributed by atoms with Crippen molar-refractivity contribution in [2.24, 2.45) is 0 Å². The fourth-order valence-corrected chi connectivity index (χ4v) is 3.50. The number of methoxy groups -OCH3 is 1. The number of anilines is 1. The minimum absolute atomic E-state index is 0.0317. The maximum absolute atomic E-state index is 13.2. The number of carbonyl (C=O) groups is 3. The molecule has 3 amide bonds. The fourth-order valence-electron chi connectivity index (χ4n) is 3.50. The van der Waals surface area contributed by atoms with Crippen LogP contribution in [-0.2, 0) is 25.6 Å². The van der Waals surface area contributed by atoms with Crippen LogP contribution in [0, 0.1) is 0 Å². The summed E-state index contributed by atoms with van der Waals surface area (Å²) in [5.41, 5.74) is 2.16. The van der Waals surface area contributed by atoms with Gasteiger partial charge in [-0.3, -0.25) is 14.5 Å². The maximum atomic E-state index is 13.2. The van der Waals surface area contributed by atoms with Crippen molar-refractivity contribution < 1.29 is 23.9 Å². The molecule has 0 saturated carbocycles. The quantitative estimate of drug-likeness (QED) is 0.625. The molecule has 3 unspecified atom stereocenters. The fraction of sp³-hybridized carbons (Fsp3) is 0.375. The van der Waals surface area contributed by atoms with Gasteiger partial charge in [0.15, 0.2) is 12.1 Å². The van der Waals surface area contributed by atoms with Gasteiger partial charge in [0.2, 0.25) is 11.8 Å². The predicted octanol–water partition coefficient (Wildman–Crippen LogP) is 3.25. The van der Waals surface area contributed by atoms with Crippen LogP contribution in [0.5, 0.6) is 0 Å². The Balaban J connectivity index is 1.85. The van der Waals surface area contributed by atoms with Gasteiger partial charge in [0.25, 0.3) is 0 Å². The summed E-state index contributed by atoms with van der Waals surface area (Å²) in [5, 5.41) is 5.69. The highest BCUT2D eigenvalue weighted by molar-refractivity contribution is 5.92. The van der Waals surface area contributed by atoms with E-state index in [0.29, 0.717) is 11.3 Å². The lowest BCUT2D eigenvalue weighted by Crippen LogP contribution is -2.48. The molecule has 0 spiro atoms. The molecule has 2 N–H and O–H groups in total. The molecular weight excluding hydrogens is 410 g/mol. The van der Waals surface area contributed by atoms with Gasteiger partial charge in [0.05, 0.1) is 6.54 Å². The average Bonchev–Trinajstić information content (AvgIpc) is 3.11. The molecular formula is C24H29N3O5. The first-order valence-corrected chi connectivity index (χ1v) is 10.6. The van der Waals surface area contributed by atoms with Crippen molar-refractivity contribution in [3.8, 4) is 0 Å². The highest BCUT2D eigenvalue weighted by atomic mass is 16.6. The molecule has 170 valence electrons. The lowest BCUT2D eigenvalue weighted by atomic mass is 10.00. The van der Waals surface area contributed by atoms with Gasteiger partial charge in [-0.15, -0.1) is 0 Å². The Labute approximate surface area is 187 Å². The second-order valence-electron chi connectivity index (χ2n) is 7.78. The molecule has 8 heteroatoms. The normalized spacial score (nSPS) is 18.7. The molecule has 3 atom stereocenters. The minimum atomic E-state index is -0.814. The van der Waals surface area contributed by atoms with Crippen molar-refractivity contribution in [1.82, 2.24) is 10.2 Å². The van der Waals surface area contributed by atoms with Crippen molar-refractivity contribution >= 4 is 23.6 Å². The van der Waals surface area contributed by atoms with Crippen LogP contribution in [0.1, 0.15) is 37.5 Å². The maximum Gasteiger partial charge on any atom is 0.411 e. The molecule has 0 aromatic heterocycles. The standard InChI is InChI=1S/C24H29N3O5/c1-4-16(2)25-23(29)21-22(18-10-12-19(13-11-18)26-20(28)15-31-3)32-24(30)27(21)14-17-8-6-5-7-9-17/h5-13,16,21-22H,4,14-15H2,1-3H3,(H,25,29)(H,26,28). The van der Waals surface area contributed by atoms with Crippen molar-refractivity contribution in [2.75, 3.05) is 19.0 Å². The van der Waals surface area contributed by atoms with E-state index in [9.17, 15) is 14.4 Å². The van der Waals surface area contributed by atoms with Crippen molar-refractivity contribution in [2.45, 2.75) is 45.0 Å². The zero-order valence-corrected chi connectivity index (χ0v) is 18.5. The van der Waals surface area contributed by atoms with E-state index in [-0.39, 0.29) is 31.0 Å². The van der Waals surface area contributed by atoms with E-state index in [1.807, 2.05) is 44.2 Å². The number of amides is 3. The lowest BCUT2D eigenvalue weighted by Gasteiger charge is -2.25. The van der Waals surface area contributed by atoms with Crippen LogP contribution in [0.3, 0.4) is 0 Å². The Bertz CT molecular complexity index is 932. The zero-order chi connectivity index (χ0) is 23.1. The molecule has 1 aliphatic heterocycles. The lowest BCUT2D eigenvalue weighted by molar-refractivity contribution is -0.127. The minimum Gasteiger partial charge on any atom is -0.438 e. The van der Waals surface area contributed by atoms with Gasteiger partial charge in [0, 0.05) is 18.8 Å². The van der Waals surface area contributed by atoms with Crippen LogP contribution in [0.4, 0.5) is 10.5 Å². The van der Waals surface area contributed by atoms with Gasteiger partial charge in [-0.25, -0.2) is 4.79 Å². The summed E-state index contributed by atoms with van der Waals surface area (Å²) in [4.78, 5) is 39.1. The zero-order valence-electron chi connectivity index (χ0n) is 18.5. The van der Waals surface area contributed by atoms with Crippen LogP contribution in [-0.4, -0.2) is 48.6 Å². The molecule has 8 nitrogen and oxygen atoms in total. The third kappa shape index (κ3) is 5.64. The number of carbonyl (C=O) groups excluding carboxylic acids is 3. The smallest absolute Gasteiger partial charge is 0.411 e. The summed E-state index contributed by atoms with van der Waals surface area (Å²) in [6.07, 6.45) is -0.536. The molecule has 0 bridgehead atoms. The highest BCUT2D eigenvalue weighted by Gasteiger charge is 2.47. The van der Waals surface area contributed by atoms with E-state index in [2.05, 4.69) is 10.6 Å². The van der Waals surface area contributed by atoms with Crippen molar-refractivity contribution in [1.29, 1.82) is 0 Å². The molecule has 2 aromatic rings. The van der Waals surface area contributed by atoms with Crippen LogP contribution in [0.25, 0.3) is 0 Å². The highest BCUT2D eigenvalue weighted by Crippen LogP contribution is 2.34. The van der Waals surface area contributed by atoms with Crippen LogP contribution >= 0.6 is 0 Å². The van der Waals surface area contributed by atoms with Crippen molar-refractivity contribution in [3.05, 3.63) is 65.7 Å². The third-order valence-electron chi connectivity index (χ3n) is 5.35. The van der Waals surface area contributed by atoms with Gasteiger partial charge < -0.3 is 20.1 Å². The Morgan fingerprint density at radius 1 is 1.12 bits per heavy atom. The van der Waals surface area contributed by atoms with Crippen molar-refractivity contribution in [3.63, 3.8) is 0 Å². The molecule has 1 fully saturated rings. The first kappa shape index (κ1) is 23.3. The number of ether oxygens (including phenoxy) is 2. The Morgan fingerprint density at radius 3 is 2.44 bits per heavy atom. The van der Waals surface area contributed by atoms with E-state index in [1.54, 1.807) is 24.3 Å². The van der Waals surface area contributed by atoms with Gasteiger partial charge in [-0.05, 0) is 36.6 Å². The summed E-state index contributed by atoms with van der Waals surface area (Å²) in [5.74, 6) is -0.531. The van der Waals surface area contributed by atoms with E-state index in [0.717, 1.165) is 12.0 Å². The second-order valence-corrected chi connectivity index (χ2v) is 7.78. The van der Waals surface area contributed by atoms with Gasteiger partial charge >= 0.3 is 6.09 Å². The number of rotatable bonds is 9. The number of hydrogen-bond acceptors (Lipinski definition) is 5. The Morgan fingerprint density at radius 2 is 1.81 bits per heavy atom. The van der Waals surface area contributed by atoms with E-state index in [4.69, 9.17) is 9.47 Å². The van der Waals surface area contributed by atoms with Crippen LogP contribution in [0.2, 0.25) is 0 Å². The molecule has 0 aliphatic carbocycles. The van der Waals surface area contributed by atoms with E-state index >= 15 is 0 Å². The first-order valence-electron chi connectivity index (χ1n) is 10.6. The largest absolute Gasteiger partial charge is 0.438 e. The number of hydrogen-bond donors (Lipinski definition) is 2.